The molecule has 0 bridgehead atoms. The number of carbonyl (C=O) groups excluding carboxylic acids is 1. The van der Waals surface area contributed by atoms with Crippen LogP contribution in [0.3, 0.4) is 0 Å². The van der Waals surface area contributed by atoms with Crippen LogP contribution in [0.15, 0.2) is 0 Å². The smallest absolute Gasteiger partial charge is 0.325 e. The van der Waals surface area contributed by atoms with Crippen molar-refractivity contribution in [2.75, 3.05) is 20.3 Å². The lowest BCUT2D eigenvalue weighted by Crippen LogP contribution is -2.53. The van der Waals surface area contributed by atoms with E-state index >= 15 is 0 Å². The average molecular weight is 256 g/mol. The second kappa shape index (κ2) is 5.15. The van der Waals surface area contributed by atoms with Crippen LogP contribution >= 0.6 is 0 Å². The Balaban J connectivity index is 2.01. The van der Waals surface area contributed by atoms with Crippen LogP contribution in [0.2, 0.25) is 0 Å². The van der Waals surface area contributed by atoms with Gasteiger partial charge in [-0.3, -0.25) is 9.69 Å². The second-order valence-electron chi connectivity index (χ2n) is 5.73. The van der Waals surface area contributed by atoms with Crippen LogP contribution in [-0.4, -0.2) is 54.9 Å². The summed E-state index contributed by atoms with van der Waals surface area (Å²) in [6.45, 7) is 5.93. The zero-order chi connectivity index (χ0) is 13.3. The summed E-state index contributed by atoms with van der Waals surface area (Å²) >= 11 is 0. The number of hydrogen-bond donors (Lipinski definition) is 1. The number of rotatable bonds is 2. The third kappa shape index (κ3) is 2.53. The molecule has 2 N–H and O–H groups in total. The Morgan fingerprint density at radius 3 is 2.89 bits per heavy atom. The summed E-state index contributed by atoms with van der Waals surface area (Å²) in [6.07, 6.45) is 2.62. The molecule has 5 nitrogen and oxygen atoms in total. The van der Waals surface area contributed by atoms with E-state index in [1.165, 1.54) is 7.11 Å². The number of nitrogens with zero attached hydrogens (tertiary/aromatic N) is 1. The van der Waals surface area contributed by atoms with Crippen LogP contribution in [0.4, 0.5) is 0 Å². The average Bonchev–Trinajstić information content (AvgIpc) is 2.75. The zero-order valence-electron chi connectivity index (χ0n) is 11.5. The first-order valence-corrected chi connectivity index (χ1v) is 6.71. The van der Waals surface area contributed by atoms with Crippen molar-refractivity contribution in [3.8, 4) is 0 Å². The van der Waals surface area contributed by atoms with Crippen molar-refractivity contribution in [2.45, 2.75) is 56.8 Å². The van der Waals surface area contributed by atoms with Gasteiger partial charge in [0.1, 0.15) is 5.54 Å². The molecule has 0 aromatic heterocycles. The molecular weight excluding hydrogens is 232 g/mol. The van der Waals surface area contributed by atoms with Gasteiger partial charge >= 0.3 is 5.97 Å². The van der Waals surface area contributed by atoms with E-state index in [1.807, 2.05) is 0 Å². The lowest BCUT2D eigenvalue weighted by atomic mass is 9.98. The molecule has 0 spiro atoms. The largest absolute Gasteiger partial charge is 0.468 e. The molecule has 4 atom stereocenters. The Kier molecular flexibility index (Phi) is 3.94. The van der Waals surface area contributed by atoms with Crippen LogP contribution in [0.1, 0.15) is 33.1 Å². The molecule has 2 fully saturated rings. The molecule has 2 aliphatic rings. The highest BCUT2D eigenvalue weighted by Gasteiger charge is 2.46. The molecule has 1 saturated heterocycles. The molecule has 1 saturated carbocycles. The number of hydrogen-bond acceptors (Lipinski definition) is 5. The van der Waals surface area contributed by atoms with Crippen molar-refractivity contribution in [1.29, 1.82) is 0 Å². The van der Waals surface area contributed by atoms with Gasteiger partial charge in [0.2, 0.25) is 0 Å². The minimum Gasteiger partial charge on any atom is -0.468 e. The molecule has 0 radical (unpaired) electrons. The second-order valence-corrected chi connectivity index (χ2v) is 5.73. The fourth-order valence-corrected chi connectivity index (χ4v) is 3.16. The van der Waals surface area contributed by atoms with E-state index in [0.29, 0.717) is 24.9 Å². The van der Waals surface area contributed by atoms with Crippen molar-refractivity contribution in [3.05, 3.63) is 0 Å². The molecule has 4 unspecified atom stereocenters. The summed E-state index contributed by atoms with van der Waals surface area (Å²) in [7, 11) is 1.41. The lowest BCUT2D eigenvalue weighted by Gasteiger charge is -2.41. The number of nitrogens with two attached hydrogens (primary N) is 1. The standard InChI is InChI=1S/C13H24N2O3/c1-9-8-18-10(2)7-15(9)11-4-5-13(14,6-11)12(16)17-3/h9-11H,4-8,14H2,1-3H3. The summed E-state index contributed by atoms with van der Waals surface area (Å²) in [6, 6.07) is 0.765. The quantitative estimate of drug-likeness (QED) is 0.730. The topological polar surface area (TPSA) is 64.8 Å². The SMILES string of the molecule is COC(=O)C1(N)CCC(N2CC(C)OCC2C)C1. The van der Waals surface area contributed by atoms with Gasteiger partial charge in [-0.25, -0.2) is 0 Å². The van der Waals surface area contributed by atoms with Gasteiger partial charge in [-0.2, -0.15) is 0 Å². The van der Waals surface area contributed by atoms with Crippen LogP contribution in [0.5, 0.6) is 0 Å². The maximum Gasteiger partial charge on any atom is 0.325 e. The monoisotopic (exact) mass is 256 g/mol. The first kappa shape index (κ1) is 13.8. The normalized spacial score (nSPS) is 41.9. The number of morpholine rings is 1. The summed E-state index contributed by atoms with van der Waals surface area (Å²) in [5.41, 5.74) is 5.37. The molecule has 1 aliphatic heterocycles. The van der Waals surface area contributed by atoms with Crippen molar-refractivity contribution in [1.82, 2.24) is 4.90 Å². The zero-order valence-corrected chi connectivity index (χ0v) is 11.5. The maximum absolute atomic E-state index is 11.7. The number of carbonyl (C=O) groups is 1. The van der Waals surface area contributed by atoms with Crippen molar-refractivity contribution < 1.29 is 14.3 Å². The summed E-state index contributed by atoms with van der Waals surface area (Å²) < 4.78 is 10.4. The summed E-state index contributed by atoms with van der Waals surface area (Å²) in [5.74, 6) is -0.279. The molecular formula is C13H24N2O3. The third-order valence-electron chi connectivity index (χ3n) is 4.24. The molecule has 18 heavy (non-hydrogen) atoms. The highest BCUT2D eigenvalue weighted by Crippen LogP contribution is 2.34. The Morgan fingerprint density at radius 1 is 1.50 bits per heavy atom. The highest BCUT2D eigenvalue weighted by molar-refractivity contribution is 5.81. The Hall–Kier alpha value is -0.650. The highest BCUT2D eigenvalue weighted by atomic mass is 16.5. The van der Waals surface area contributed by atoms with Gasteiger partial charge < -0.3 is 15.2 Å². The van der Waals surface area contributed by atoms with Crippen LogP contribution in [-0.2, 0) is 14.3 Å². The lowest BCUT2D eigenvalue weighted by molar-refractivity contribution is -0.147. The molecule has 0 aromatic rings. The minimum atomic E-state index is -0.791. The predicted octanol–water partition coefficient (Wildman–Crippen LogP) is 0.519. The van der Waals surface area contributed by atoms with Gasteiger partial charge in [0.25, 0.3) is 0 Å². The fraction of sp³-hybridized carbons (Fsp3) is 0.923. The van der Waals surface area contributed by atoms with E-state index in [9.17, 15) is 4.79 Å². The van der Waals surface area contributed by atoms with Gasteiger partial charge in [0, 0.05) is 18.6 Å². The van der Waals surface area contributed by atoms with Crippen LogP contribution < -0.4 is 5.73 Å². The summed E-state index contributed by atoms with van der Waals surface area (Å²) in [4.78, 5) is 14.2. The van der Waals surface area contributed by atoms with Gasteiger partial charge in [-0.1, -0.05) is 0 Å². The van der Waals surface area contributed by atoms with Crippen LogP contribution in [0.25, 0.3) is 0 Å². The van der Waals surface area contributed by atoms with E-state index < -0.39 is 5.54 Å². The Morgan fingerprint density at radius 2 is 2.22 bits per heavy atom. The molecule has 1 aliphatic carbocycles. The predicted molar refractivity (Wildman–Crippen MR) is 68.2 cm³/mol. The van der Waals surface area contributed by atoms with Gasteiger partial charge in [0.15, 0.2) is 0 Å². The van der Waals surface area contributed by atoms with Crippen molar-refractivity contribution >= 4 is 5.97 Å². The van der Waals surface area contributed by atoms with Gasteiger partial charge in [0.05, 0.1) is 19.8 Å². The Labute approximate surface area is 109 Å². The molecule has 1 heterocycles. The fourth-order valence-electron chi connectivity index (χ4n) is 3.16. The summed E-state index contributed by atoms with van der Waals surface area (Å²) in [5, 5.41) is 0. The first-order valence-electron chi connectivity index (χ1n) is 6.71. The molecule has 0 amide bonds. The number of ether oxygens (including phenoxy) is 2. The first-order chi connectivity index (χ1) is 8.46. The van der Waals surface area contributed by atoms with E-state index in [0.717, 1.165) is 19.6 Å². The third-order valence-corrected chi connectivity index (χ3v) is 4.24. The number of methoxy groups -OCH3 is 1. The van der Waals surface area contributed by atoms with E-state index in [-0.39, 0.29) is 12.1 Å². The van der Waals surface area contributed by atoms with Gasteiger partial charge in [-0.15, -0.1) is 0 Å². The minimum absolute atomic E-state index is 0.257. The number of esters is 1. The van der Waals surface area contributed by atoms with E-state index in [1.54, 1.807) is 0 Å². The maximum atomic E-state index is 11.7. The molecule has 0 aromatic carbocycles. The van der Waals surface area contributed by atoms with Gasteiger partial charge in [-0.05, 0) is 33.1 Å². The Bertz CT molecular complexity index is 323. The molecule has 2 rings (SSSR count). The van der Waals surface area contributed by atoms with Crippen LogP contribution in [0, 0.1) is 0 Å². The molecule has 104 valence electrons. The van der Waals surface area contributed by atoms with E-state index in [2.05, 4.69) is 18.7 Å². The molecule has 5 heteroatoms. The van der Waals surface area contributed by atoms with Crippen molar-refractivity contribution in [2.24, 2.45) is 5.73 Å². The van der Waals surface area contributed by atoms with Crippen molar-refractivity contribution in [3.63, 3.8) is 0 Å². The van der Waals surface area contributed by atoms with E-state index in [4.69, 9.17) is 15.2 Å².